The third-order valence-electron chi connectivity index (χ3n) is 5.08. The molecular formula is C25H27ClN2O4. The van der Waals surface area contributed by atoms with Gasteiger partial charge in [-0.1, -0.05) is 35.9 Å². The van der Waals surface area contributed by atoms with Gasteiger partial charge in [0.2, 0.25) is 0 Å². The van der Waals surface area contributed by atoms with Crippen molar-refractivity contribution >= 4 is 23.5 Å². The number of benzene rings is 1. The number of nitrogens with zero attached hydrogens (tertiary/aromatic N) is 1. The fourth-order valence-electron chi connectivity index (χ4n) is 3.70. The smallest absolute Gasteiger partial charge is 0.337 e. The third kappa shape index (κ3) is 5.37. The van der Waals surface area contributed by atoms with Crippen LogP contribution in [0.2, 0.25) is 5.02 Å². The molecule has 7 heteroatoms. The molecule has 2 aromatic rings. The summed E-state index contributed by atoms with van der Waals surface area (Å²) in [5, 5.41) is 3.60. The van der Waals surface area contributed by atoms with E-state index in [1.54, 1.807) is 46.0 Å². The molecule has 1 aromatic heterocycles. The minimum absolute atomic E-state index is 0.163. The van der Waals surface area contributed by atoms with Crippen molar-refractivity contribution in [3.8, 4) is 0 Å². The molecule has 1 aliphatic heterocycles. The van der Waals surface area contributed by atoms with Gasteiger partial charge in [-0.3, -0.25) is 4.98 Å². The Morgan fingerprint density at radius 2 is 1.69 bits per heavy atom. The van der Waals surface area contributed by atoms with Crippen LogP contribution in [0.4, 0.5) is 0 Å². The maximum Gasteiger partial charge on any atom is 0.337 e. The number of esters is 2. The summed E-state index contributed by atoms with van der Waals surface area (Å²) >= 11 is 6.51. The van der Waals surface area contributed by atoms with Crippen molar-refractivity contribution in [3.05, 3.63) is 87.5 Å². The van der Waals surface area contributed by atoms with Crippen molar-refractivity contribution in [1.82, 2.24) is 10.3 Å². The van der Waals surface area contributed by atoms with Crippen LogP contribution in [0, 0.1) is 0 Å². The minimum Gasteiger partial charge on any atom is -0.462 e. The maximum atomic E-state index is 13.2. The highest BCUT2D eigenvalue weighted by molar-refractivity contribution is 6.31. The number of aromatic nitrogens is 1. The quantitative estimate of drug-likeness (QED) is 0.610. The number of dihydropyridines is 1. The normalized spacial score (nSPS) is 16.1. The van der Waals surface area contributed by atoms with E-state index in [1.807, 2.05) is 30.3 Å². The van der Waals surface area contributed by atoms with E-state index in [1.165, 1.54) is 0 Å². The van der Waals surface area contributed by atoms with Gasteiger partial charge < -0.3 is 14.8 Å². The van der Waals surface area contributed by atoms with Gasteiger partial charge in [-0.25, -0.2) is 9.59 Å². The van der Waals surface area contributed by atoms with E-state index in [2.05, 4.69) is 10.3 Å². The zero-order valence-corrected chi connectivity index (χ0v) is 19.4. The lowest BCUT2D eigenvalue weighted by Gasteiger charge is -2.31. The van der Waals surface area contributed by atoms with Gasteiger partial charge in [-0.15, -0.1) is 0 Å². The fourth-order valence-corrected chi connectivity index (χ4v) is 3.95. The molecule has 2 heterocycles. The van der Waals surface area contributed by atoms with Crippen LogP contribution in [0.25, 0.3) is 0 Å². The largest absolute Gasteiger partial charge is 0.462 e. The third-order valence-corrected chi connectivity index (χ3v) is 5.42. The fraction of sp³-hybridized carbons (Fsp3) is 0.320. The number of carbonyl (C=O) groups excluding carboxylic acids is 2. The van der Waals surface area contributed by atoms with Crippen molar-refractivity contribution in [2.45, 2.75) is 46.1 Å². The first-order valence-electron chi connectivity index (χ1n) is 10.5. The first kappa shape index (κ1) is 23.5. The molecule has 0 saturated heterocycles. The number of halogens is 1. The molecule has 168 valence electrons. The average molecular weight is 455 g/mol. The first-order chi connectivity index (χ1) is 15.3. The number of hydrogen-bond acceptors (Lipinski definition) is 6. The number of nitrogens with one attached hydrogen (secondary N) is 1. The molecule has 0 saturated carbocycles. The van der Waals surface area contributed by atoms with Crippen LogP contribution in [0.15, 0.2) is 71.2 Å². The maximum absolute atomic E-state index is 13.2. The first-order valence-corrected chi connectivity index (χ1v) is 10.9. The van der Waals surface area contributed by atoms with Crippen molar-refractivity contribution in [2.24, 2.45) is 0 Å². The Morgan fingerprint density at radius 3 is 2.31 bits per heavy atom. The Kier molecular flexibility index (Phi) is 7.70. The zero-order valence-electron chi connectivity index (χ0n) is 18.6. The summed E-state index contributed by atoms with van der Waals surface area (Å²) in [6, 6.07) is 12.8. The van der Waals surface area contributed by atoms with Gasteiger partial charge in [-0.2, -0.15) is 0 Å². The minimum atomic E-state index is -0.710. The van der Waals surface area contributed by atoms with Crippen molar-refractivity contribution < 1.29 is 19.1 Å². The molecule has 1 atom stereocenters. The summed E-state index contributed by atoms with van der Waals surface area (Å²) in [5.41, 5.74) is 3.36. The van der Waals surface area contributed by atoms with Crippen LogP contribution >= 0.6 is 11.6 Å². The van der Waals surface area contributed by atoms with Gasteiger partial charge >= 0.3 is 11.9 Å². The van der Waals surface area contributed by atoms with E-state index >= 15 is 0 Å². The van der Waals surface area contributed by atoms with Crippen molar-refractivity contribution in [1.29, 1.82) is 0 Å². The molecule has 0 radical (unpaired) electrons. The molecule has 1 aliphatic rings. The number of carbonyl (C=O) groups is 2. The lowest BCUT2D eigenvalue weighted by molar-refractivity contribution is -0.143. The predicted octanol–water partition coefficient (Wildman–Crippen LogP) is 4.71. The van der Waals surface area contributed by atoms with E-state index < -0.39 is 17.9 Å². The summed E-state index contributed by atoms with van der Waals surface area (Å²) in [4.78, 5) is 30.5. The Bertz CT molecular complexity index is 1060. The summed E-state index contributed by atoms with van der Waals surface area (Å²) < 4.78 is 11.1. The molecule has 0 fully saturated rings. The van der Waals surface area contributed by atoms with Crippen molar-refractivity contribution in [3.63, 3.8) is 0 Å². The molecule has 1 N–H and O–H groups in total. The Hall–Kier alpha value is -3.12. The van der Waals surface area contributed by atoms with Gasteiger partial charge in [0, 0.05) is 34.7 Å². The Balaban J connectivity index is 1.95. The van der Waals surface area contributed by atoms with Crippen LogP contribution < -0.4 is 5.32 Å². The Morgan fingerprint density at radius 1 is 1.03 bits per heavy atom. The number of ether oxygens (including phenoxy) is 2. The second kappa shape index (κ2) is 10.5. The van der Waals surface area contributed by atoms with Crippen LogP contribution in [-0.2, 0) is 25.5 Å². The highest BCUT2D eigenvalue weighted by Gasteiger charge is 2.39. The summed E-state index contributed by atoms with van der Waals surface area (Å²) in [6.07, 6.45) is 1.87. The second-order valence-electron chi connectivity index (χ2n) is 7.82. The number of allylic oxidation sites excluding steroid dienone is 2. The molecule has 0 amide bonds. The molecule has 6 nitrogen and oxygen atoms in total. The second-order valence-corrected chi connectivity index (χ2v) is 8.23. The van der Waals surface area contributed by atoms with E-state index in [4.69, 9.17) is 21.1 Å². The molecule has 0 bridgehead atoms. The SMILES string of the molecule is CC1=C(C(=O)OCCc2ccccn2)C(c2ccccc2Cl)C(C(=O)OC(C)C)=C(C)N1. The lowest BCUT2D eigenvalue weighted by Crippen LogP contribution is -2.33. The highest BCUT2D eigenvalue weighted by atomic mass is 35.5. The Labute approximate surface area is 193 Å². The highest BCUT2D eigenvalue weighted by Crippen LogP contribution is 2.41. The molecule has 1 aromatic carbocycles. The summed E-state index contributed by atoms with van der Waals surface area (Å²) in [6.45, 7) is 7.29. The average Bonchev–Trinajstić information content (AvgIpc) is 2.73. The van der Waals surface area contributed by atoms with Gasteiger partial charge in [0.05, 0.1) is 29.8 Å². The summed E-state index contributed by atoms with van der Waals surface area (Å²) in [7, 11) is 0. The molecule has 1 unspecified atom stereocenters. The standard InChI is InChI=1S/C25H27ClN2O4/c1-15(2)32-25(30)22-17(4)28-16(3)21(23(22)19-10-5-6-11-20(19)26)24(29)31-14-12-18-9-7-8-13-27-18/h5-11,13,15,23,28H,12,14H2,1-4H3. The predicted molar refractivity (Wildman–Crippen MR) is 123 cm³/mol. The molecule has 32 heavy (non-hydrogen) atoms. The van der Waals surface area contributed by atoms with Crippen LogP contribution in [-0.4, -0.2) is 29.6 Å². The van der Waals surface area contributed by atoms with Gasteiger partial charge in [0.15, 0.2) is 0 Å². The van der Waals surface area contributed by atoms with E-state index in [0.29, 0.717) is 39.5 Å². The van der Waals surface area contributed by atoms with Gasteiger partial charge in [0.1, 0.15) is 0 Å². The zero-order chi connectivity index (χ0) is 23.3. The van der Waals surface area contributed by atoms with Gasteiger partial charge in [-0.05, 0) is 51.5 Å². The molecule has 0 aliphatic carbocycles. The number of rotatable bonds is 7. The van der Waals surface area contributed by atoms with Crippen LogP contribution in [0.1, 0.15) is 44.9 Å². The monoisotopic (exact) mass is 454 g/mol. The van der Waals surface area contributed by atoms with E-state index in [9.17, 15) is 9.59 Å². The molecule has 3 rings (SSSR count). The van der Waals surface area contributed by atoms with E-state index in [-0.39, 0.29) is 12.7 Å². The van der Waals surface area contributed by atoms with Crippen LogP contribution in [0.3, 0.4) is 0 Å². The van der Waals surface area contributed by atoms with Crippen LogP contribution in [0.5, 0.6) is 0 Å². The van der Waals surface area contributed by atoms with Crippen molar-refractivity contribution in [2.75, 3.05) is 6.61 Å². The summed E-state index contributed by atoms with van der Waals surface area (Å²) in [5.74, 6) is -1.72. The van der Waals surface area contributed by atoms with Gasteiger partial charge in [0.25, 0.3) is 0 Å². The number of hydrogen-bond donors (Lipinski definition) is 1. The number of pyridine rings is 1. The van der Waals surface area contributed by atoms with E-state index in [0.717, 1.165) is 5.69 Å². The molecular weight excluding hydrogens is 428 g/mol. The topological polar surface area (TPSA) is 77.5 Å². The molecule has 0 spiro atoms. The lowest BCUT2D eigenvalue weighted by atomic mass is 9.80.